The van der Waals surface area contributed by atoms with E-state index in [1.165, 1.54) is 19.0 Å². The topological polar surface area (TPSA) is 181 Å². The van der Waals surface area contributed by atoms with E-state index in [1.807, 2.05) is 61.8 Å². The number of carbonyl (C=O) groups is 4. The molecule has 4 amide bonds. The number of carbonyl (C=O) groups excluding carboxylic acids is 4. The molecule has 2 aliphatic heterocycles. The van der Waals surface area contributed by atoms with Crippen molar-refractivity contribution in [3.8, 4) is 6.01 Å². The Morgan fingerprint density at radius 3 is 2.44 bits per heavy atom. The minimum absolute atomic E-state index is 0.00565. The lowest BCUT2D eigenvalue weighted by molar-refractivity contribution is -0.141. The molecule has 2 aromatic rings. The zero-order chi connectivity index (χ0) is 38.2. The molecule has 15 nitrogen and oxygen atoms in total. The van der Waals surface area contributed by atoms with Crippen LogP contribution in [0, 0.1) is 5.92 Å². The van der Waals surface area contributed by atoms with Crippen LogP contribution in [0.5, 0.6) is 6.01 Å². The fourth-order valence-corrected chi connectivity index (χ4v) is 7.39. The highest BCUT2D eigenvalue weighted by Gasteiger charge is 2.61. The first-order valence-electron chi connectivity index (χ1n) is 17.9. The van der Waals surface area contributed by atoms with Gasteiger partial charge in [-0.3, -0.25) is 19.0 Å². The summed E-state index contributed by atoms with van der Waals surface area (Å²) in [7, 11) is -1.57. The van der Waals surface area contributed by atoms with Crippen LogP contribution in [0.4, 0.5) is 4.79 Å². The van der Waals surface area contributed by atoms with Gasteiger partial charge in [-0.2, -0.15) is 17.7 Å². The maximum Gasteiger partial charge on any atom is 0.408 e. The van der Waals surface area contributed by atoms with Gasteiger partial charge < -0.3 is 25.0 Å². The van der Waals surface area contributed by atoms with Gasteiger partial charge in [0.2, 0.25) is 11.8 Å². The third-order valence-corrected chi connectivity index (χ3v) is 10.9. The predicted molar refractivity (Wildman–Crippen MR) is 194 cm³/mol. The third kappa shape index (κ3) is 8.71. The molecule has 2 fully saturated rings. The number of alkyl carbamates (subject to hydrolysis) is 1. The molecule has 5 rings (SSSR count). The summed E-state index contributed by atoms with van der Waals surface area (Å²) in [5.74, 6) is -2.44. The molecular weight excluding hydrogens is 691 g/mol. The number of ether oxygens (including phenoxy) is 2. The first-order chi connectivity index (χ1) is 24.2. The monoisotopic (exact) mass is 743 g/mol. The van der Waals surface area contributed by atoms with Gasteiger partial charge in [0.1, 0.15) is 29.3 Å². The summed E-state index contributed by atoms with van der Waals surface area (Å²) in [6, 6.07) is 5.85. The van der Waals surface area contributed by atoms with Crippen molar-refractivity contribution in [2.24, 2.45) is 5.92 Å². The molecule has 1 saturated carbocycles. The summed E-state index contributed by atoms with van der Waals surface area (Å²) in [5.41, 5.74) is -1.18. The zero-order valence-electron chi connectivity index (χ0n) is 31.4. The number of allylic oxidation sites excluding steroid dienone is 1. The lowest BCUT2D eigenvalue weighted by Crippen LogP contribution is -2.58. The number of hydrogen-bond donors (Lipinski definition) is 3. The molecule has 0 bridgehead atoms. The SMILES string of the molecule is CN(C)S(=O)(=O)NC(=O)[C@@]12C[C@H]1/C=C\CCCCC[C@H](NC(=O)OC(C)(C)C)C(=O)N1C[C@H](Oc3nc4ccccc4n3C(C)(C)C)C[C@H]1C(=O)N2. The highest BCUT2D eigenvalue weighted by atomic mass is 32.2. The average molecular weight is 744 g/mol. The minimum Gasteiger partial charge on any atom is -0.459 e. The number of para-hydroxylation sites is 2. The number of nitrogens with zero attached hydrogens (tertiary/aromatic N) is 4. The van der Waals surface area contributed by atoms with Crippen molar-refractivity contribution in [1.82, 2.24) is 34.1 Å². The normalized spacial score (nSPS) is 26.8. The molecule has 0 spiro atoms. The highest BCUT2D eigenvalue weighted by Crippen LogP contribution is 2.46. The number of imidazole rings is 1. The lowest BCUT2D eigenvalue weighted by atomic mass is 10.0. The summed E-state index contributed by atoms with van der Waals surface area (Å²) < 4.78 is 42.3. The van der Waals surface area contributed by atoms with E-state index in [0.717, 1.165) is 28.2 Å². The molecule has 52 heavy (non-hydrogen) atoms. The van der Waals surface area contributed by atoms with Gasteiger partial charge in [-0.05, 0) is 79.4 Å². The molecule has 16 heteroatoms. The number of amides is 4. The first-order valence-corrected chi connectivity index (χ1v) is 19.3. The van der Waals surface area contributed by atoms with E-state index in [-0.39, 0.29) is 19.4 Å². The van der Waals surface area contributed by atoms with Crippen LogP contribution in [-0.4, -0.2) is 101 Å². The van der Waals surface area contributed by atoms with Crippen LogP contribution in [-0.2, 0) is 34.9 Å². The average Bonchev–Trinajstić information content (AvgIpc) is 3.35. The van der Waals surface area contributed by atoms with Gasteiger partial charge in [0.15, 0.2) is 0 Å². The maximum absolute atomic E-state index is 14.5. The van der Waals surface area contributed by atoms with Crippen LogP contribution in [0.25, 0.3) is 11.0 Å². The molecule has 3 aliphatic rings. The van der Waals surface area contributed by atoms with Crippen molar-refractivity contribution in [2.45, 2.75) is 121 Å². The molecule has 0 unspecified atom stereocenters. The van der Waals surface area contributed by atoms with E-state index in [0.29, 0.717) is 25.3 Å². The molecule has 3 heterocycles. The molecular formula is C36H53N7O8S. The van der Waals surface area contributed by atoms with E-state index >= 15 is 0 Å². The predicted octanol–water partition coefficient (Wildman–Crippen LogP) is 3.35. The van der Waals surface area contributed by atoms with E-state index in [1.54, 1.807) is 20.8 Å². The number of benzene rings is 1. The highest BCUT2D eigenvalue weighted by molar-refractivity contribution is 7.87. The van der Waals surface area contributed by atoms with Crippen LogP contribution in [0.1, 0.15) is 86.5 Å². The summed E-state index contributed by atoms with van der Waals surface area (Å²) in [6.07, 6.45) is 5.74. The smallest absolute Gasteiger partial charge is 0.408 e. The van der Waals surface area contributed by atoms with Crippen molar-refractivity contribution in [2.75, 3.05) is 20.6 Å². The van der Waals surface area contributed by atoms with Gasteiger partial charge >= 0.3 is 16.3 Å². The summed E-state index contributed by atoms with van der Waals surface area (Å²) in [4.78, 5) is 61.6. The second-order valence-corrected chi connectivity index (χ2v) is 18.0. The Balaban J connectivity index is 1.50. The van der Waals surface area contributed by atoms with Crippen molar-refractivity contribution in [3.63, 3.8) is 0 Å². The molecule has 1 aliphatic carbocycles. The molecule has 1 aromatic carbocycles. The van der Waals surface area contributed by atoms with Crippen LogP contribution in [0.3, 0.4) is 0 Å². The van der Waals surface area contributed by atoms with Crippen LogP contribution < -0.4 is 20.1 Å². The Morgan fingerprint density at radius 1 is 1.06 bits per heavy atom. The summed E-state index contributed by atoms with van der Waals surface area (Å²) in [6.45, 7) is 11.3. The number of fused-ring (bicyclic) bond motifs is 3. The Bertz CT molecular complexity index is 1830. The van der Waals surface area contributed by atoms with Crippen LogP contribution >= 0.6 is 0 Å². The quantitative estimate of drug-likeness (QED) is 0.374. The largest absolute Gasteiger partial charge is 0.459 e. The van der Waals surface area contributed by atoms with Gasteiger partial charge in [0.05, 0.1) is 17.6 Å². The Hall–Kier alpha value is -4.18. The van der Waals surface area contributed by atoms with E-state index in [9.17, 15) is 27.6 Å². The molecule has 1 aromatic heterocycles. The molecule has 0 radical (unpaired) electrons. The summed E-state index contributed by atoms with van der Waals surface area (Å²) in [5, 5.41) is 5.60. The van der Waals surface area contributed by atoms with Crippen molar-refractivity contribution in [3.05, 3.63) is 36.4 Å². The van der Waals surface area contributed by atoms with Gasteiger partial charge in [-0.1, -0.05) is 37.1 Å². The van der Waals surface area contributed by atoms with E-state index in [2.05, 4.69) is 15.4 Å². The number of rotatable bonds is 6. The van der Waals surface area contributed by atoms with Crippen molar-refractivity contribution < 1.29 is 37.1 Å². The molecule has 3 N–H and O–H groups in total. The Kier molecular flexibility index (Phi) is 11.0. The number of hydrogen-bond acceptors (Lipinski definition) is 9. The van der Waals surface area contributed by atoms with Crippen molar-refractivity contribution >= 4 is 45.1 Å². The van der Waals surface area contributed by atoms with Crippen LogP contribution in [0.15, 0.2) is 36.4 Å². The fourth-order valence-electron chi connectivity index (χ4n) is 6.79. The minimum atomic E-state index is -4.16. The molecule has 286 valence electrons. The van der Waals surface area contributed by atoms with Gasteiger partial charge in [-0.15, -0.1) is 0 Å². The fraction of sp³-hybridized carbons (Fsp3) is 0.639. The Morgan fingerprint density at radius 2 is 1.77 bits per heavy atom. The van der Waals surface area contributed by atoms with E-state index in [4.69, 9.17) is 14.5 Å². The standard InChI is InChI=1S/C36H53N7O8S/c1-34(2,3)43-27-19-15-14-17-25(27)37-32(43)50-24-20-28-29(44)39-36(31(46)40-52(48,49)41(7)8)21-23(36)16-12-10-9-11-13-18-26(30(45)42(28)22-24)38-33(47)51-35(4,5)6/h12,14-17,19,23-24,26,28H,9-11,13,18,20-22H2,1-8H3,(H,38,47)(H,39,44)(H,40,46)/b16-12-/t23-,24-,26+,28+,36-/m1/s1. The van der Waals surface area contributed by atoms with Crippen molar-refractivity contribution in [1.29, 1.82) is 0 Å². The Labute approximate surface area is 306 Å². The lowest BCUT2D eigenvalue weighted by Gasteiger charge is -2.30. The zero-order valence-corrected chi connectivity index (χ0v) is 32.2. The molecule has 5 atom stereocenters. The van der Waals surface area contributed by atoms with Crippen LogP contribution in [0.2, 0.25) is 0 Å². The first kappa shape index (κ1) is 39.0. The number of aromatic nitrogens is 2. The van der Waals surface area contributed by atoms with Gasteiger partial charge in [0, 0.05) is 32.0 Å². The molecule has 1 saturated heterocycles. The second kappa shape index (κ2) is 14.7. The third-order valence-electron chi connectivity index (χ3n) is 9.51. The van der Waals surface area contributed by atoms with E-state index < -0.39 is 74.8 Å². The second-order valence-electron chi connectivity index (χ2n) is 16.1. The number of nitrogens with one attached hydrogen (secondary N) is 3. The van der Waals surface area contributed by atoms with Gasteiger partial charge in [-0.25, -0.2) is 9.52 Å². The summed E-state index contributed by atoms with van der Waals surface area (Å²) >= 11 is 0. The van der Waals surface area contributed by atoms with Gasteiger partial charge in [0.25, 0.3) is 11.9 Å². The maximum atomic E-state index is 14.5.